The Morgan fingerprint density at radius 1 is 1.17 bits per heavy atom. The van der Waals surface area contributed by atoms with Crippen molar-refractivity contribution < 1.29 is 9.53 Å². The Kier molecular flexibility index (Phi) is 3.45. The first-order chi connectivity index (χ1) is 5.12. The fourth-order valence-electron chi connectivity index (χ4n) is 1.46. The van der Waals surface area contributed by atoms with E-state index in [0.717, 1.165) is 0 Å². The number of carbonyl (C=O) groups is 1. The summed E-state index contributed by atoms with van der Waals surface area (Å²) in [5.41, 5.74) is -0.525. The van der Waals surface area contributed by atoms with E-state index in [2.05, 4.69) is 0 Å². The number of ketones is 1. The van der Waals surface area contributed by atoms with Crippen LogP contribution in [0.2, 0.25) is 0 Å². The van der Waals surface area contributed by atoms with Gasteiger partial charge in [-0.05, 0) is 41.5 Å². The number of hydrogen-bond acceptors (Lipinski definition) is 2. The second-order valence-electron chi connectivity index (χ2n) is 4.85. The minimum absolute atomic E-state index is 0.171. The first-order valence-electron chi connectivity index (χ1n) is 4.32. The molecule has 0 N–H and O–H groups in total. The molecule has 72 valence electrons. The van der Waals surface area contributed by atoms with Crippen LogP contribution in [0.25, 0.3) is 0 Å². The number of rotatable bonds is 3. The van der Waals surface area contributed by atoms with Crippen molar-refractivity contribution in [1.29, 1.82) is 0 Å². The predicted molar refractivity (Wildman–Crippen MR) is 50.2 cm³/mol. The van der Waals surface area contributed by atoms with Gasteiger partial charge in [0.25, 0.3) is 0 Å². The third-order valence-electron chi connectivity index (χ3n) is 1.26. The van der Waals surface area contributed by atoms with E-state index < -0.39 is 0 Å². The zero-order valence-corrected chi connectivity index (χ0v) is 9.02. The second-order valence-corrected chi connectivity index (χ2v) is 4.85. The topological polar surface area (TPSA) is 26.3 Å². The van der Waals surface area contributed by atoms with Crippen molar-refractivity contribution in [1.82, 2.24) is 0 Å². The molecule has 0 heterocycles. The summed E-state index contributed by atoms with van der Waals surface area (Å²) in [4.78, 5) is 10.9. The van der Waals surface area contributed by atoms with E-state index in [1.165, 1.54) is 0 Å². The molecule has 0 aromatic heterocycles. The van der Waals surface area contributed by atoms with Crippen molar-refractivity contribution >= 4 is 5.78 Å². The number of ether oxygens (including phenoxy) is 1. The van der Waals surface area contributed by atoms with Crippen LogP contribution >= 0.6 is 0 Å². The van der Waals surface area contributed by atoms with Gasteiger partial charge in [0, 0.05) is 6.42 Å². The summed E-state index contributed by atoms with van der Waals surface area (Å²) in [6.07, 6.45) is 0.476. The summed E-state index contributed by atoms with van der Waals surface area (Å²) in [7, 11) is 0. The van der Waals surface area contributed by atoms with Gasteiger partial charge in [-0.15, -0.1) is 0 Å². The zero-order chi connectivity index (χ0) is 9.99. The van der Waals surface area contributed by atoms with Crippen molar-refractivity contribution in [2.75, 3.05) is 0 Å². The molecule has 0 aliphatic carbocycles. The molecule has 0 saturated heterocycles. The summed E-state index contributed by atoms with van der Waals surface area (Å²) >= 11 is 0. The molecule has 0 aliphatic heterocycles. The molecule has 0 amide bonds. The molecule has 0 rings (SSSR count). The van der Waals surface area contributed by atoms with Gasteiger partial charge < -0.3 is 4.74 Å². The molecule has 12 heavy (non-hydrogen) atoms. The lowest BCUT2D eigenvalue weighted by atomic mass is 10.0. The van der Waals surface area contributed by atoms with Gasteiger partial charge in [-0.2, -0.15) is 0 Å². The van der Waals surface area contributed by atoms with Crippen LogP contribution < -0.4 is 0 Å². The van der Waals surface area contributed by atoms with Crippen LogP contribution in [-0.2, 0) is 9.53 Å². The molecular weight excluding hydrogens is 152 g/mol. The van der Waals surface area contributed by atoms with E-state index >= 15 is 0 Å². The third kappa shape index (κ3) is 6.35. The molecule has 0 aromatic rings. The van der Waals surface area contributed by atoms with Gasteiger partial charge >= 0.3 is 0 Å². The van der Waals surface area contributed by atoms with E-state index in [-0.39, 0.29) is 17.0 Å². The average molecular weight is 172 g/mol. The molecule has 0 bridgehead atoms. The molecule has 0 radical (unpaired) electrons. The minimum Gasteiger partial charge on any atom is -0.370 e. The van der Waals surface area contributed by atoms with Crippen LogP contribution in [0, 0.1) is 0 Å². The summed E-state index contributed by atoms with van der Waals surface area (Å²) in [6.45, 7) is 11.5. The van der Waals surface area contributed by atoms with Crippen molar-refractivity contribution in [3.63, 3.8) is 0 Å². The number of Topliss-reactive ketones (excluding diaryl/α,β-unsaturated/α-hetero) is 1. The Morgan fingerprint density at radius 3 is 1.83 bits per heavy atom. The summed E-state index contributed by atoms with van der Waals surface area (Å²) in [5, 5.41) is 0. The van der Waals surface area contributed by atoms with Crippen molar-refractivity contribution in [2.45, 2.75) is 59.2 Å². The maximum Gasteiger partial charge on any atom is 0.132 e. The van der Waals surface area contributed by atoms with E-state index in [4.69, 9.17) is 4.74 Å². The third-order valence-corrected chi connectivity index (χ3v) is 1.26. The molecular formula is C10H20O2. The maximum absolute atomic E-state index is 10.9. The summed E-state index contributed by atoms with van der Waals surface area (Å²) in [6, 6.07) is 0. The lowest BCUT2D eigenvalue weighted by Crippen LogP contribution is -2.36. The molecule has 0 atom stereocenters. The highest BCUT2D eigenvalue weighted by Crippen LogP contribution is 2.22. The van der Waals surface area contributed by atoms with Crippen molar-refractivity contribution in [2.24, 2.45) is 0 Å². The predicted octanol–water partition coefficient (Wildman–Crippen LogP) is 2.56. The van der Waals surface area contributed by atoms with Gasteiger partial charge in [0.2, 0.25) is 0 Å². The van der Waals surface area contributed by atoms with Crippen molar-refractivity contribution in [3.05, 3.63) is 0 Å². The molecule has 2 heteroatoms. The highest BCUT2D eigenvalue weighted by Gasteiger charge is 2.26. The Labute approximate surface area is 75.3 Å². The zero-order valence-electron chi connectivity index (χ0n) is 9.02. The highest BCUT2D eigenvalue weighted by molar-refractivity contribution is 5.76. The van der Waals surface area contributed by atoms with E-state index in [9.17, 15) is 4.79 Å². The van der Waals surface area contributed by atoms with E-state index in [1.54, 1.807) is 6.92 Å². The lowest BCUT2D eigenvalue weighted by Gasteiger charge is -2.33. The first-order valence-corrected chi connectivity index (χ1v) is 4.32. The van der Waals surface area contributed by atoms with Gasteiger partial charge in [0.05, 0.1) is 11.2 Å². The molecule has 0 aliphatic rings. The smallest absolute Gasteiger partial charge is 0.132 e. The van der Waals surface area contributed by atoms with Gasteiger partial charge in [-0.1, -0.05) is 0 Å². The monoisotopic (exact) mass is 172 g/mol. The van der Waals surface area contributed by atoms with Gasteiger partial charge in [0.15, 0.2) is 0 Å². The fraction of sp³-hybridized carbons (Fsp3) is 0.900. The molecule has 2 nitrogen and oxygen atoms in total. The van der Waals surface area contributed by atoms with Crippen LogP contribution in [0.1, 0.15) is 48.0 Å². The van der Waals surface area contributed by atoms with Crippen LogP contribution in [0.15, 0.2) is 0 Å². The largest absolute Gasteiger partial charge is 0.370 e. The summed E-state index contributed by atoms with van der Waals surface area (Å²) < 4.78 is 5.72. The second kappa shape index (κ2) is 3.56. The van der Waals surface area contributed by atoms with Crippen LogP contribution in [-0.4, -0.2) is 17.0 Å². The Balaban J connectivity index is 4.13. The van der Waals surface area contributed by atoms with Gasteiger partial charge in [0.1, 0.15) is 5.78 Å². The summed E-state index contributed by atoms with van der Waals surface area (Å²) in [5.74, 6) is 0.171. The first kappa shape index (κ1) is 11.6. The molecule has 0 unspecified atom stereocenters. The molecule has 0 saturated carbocycles. The molecule has 0 fully saturated rings. The van der Waals surface area contributed by atoms with Crippen LogP contribution in [0.3, 0.4) is 0 Å². The lowest BCUT2D eigenvalue weighted by molar-refractivity contribution is -0.137. The van der Waals surface area contributed by atoms with Gasteiger partial charge in [-0.25, -0.2) is 0 Å². The quantitative estimate of drug-likeness (QED) is 0.654. The fourth-order valence-corrected chi connectivity index (χ4v) is 1.46. The van der Waals surface area contributed by atoms with Gasteiger partial charge in [-0.3, -0.25) is 4.79 Å². The number of carbonyl (C=O) groups excluding carboxylic acids is 1. The van der Waals surface area contributed by atoms with E-state index in [1.807, 2.05) is 34.6 Å². The van der Waals surface area contributed by atoms with Crippen LogP contribution in [0.4, 0.5) is 0 Å². The average Bonchev–Trinajstić information content (AvgIpc) is 1.48. The Bertz CT molecular complexity index is 163. The minimum atomic E-state index is -0.343. The standard InChI is InChI=1S/C10H20O2/c1-8(11)7-10(5,6)12-9(2,3)4/h7H2,1-6H3. The van der Waals surface area contributed by atoms with Crippen LogP contribution in [0.5, 0.6) is 0 Å². The Hall–Kier alpha value is -0.370. The number of hydrogen-bond donors (Lipinski definition) is 0. The highest BCUT2D eigenvalue weighted by atomic mass is 16.5. The SMILES string of the molecule is CC(=O)CC(C)(C)OC(C)(C)C. The Morgan fingerprint density at radius 2 is 1.58 bits per heavy atom. The maximum atomic E-state index is 10.9. The van der Waals surface area contributed by atoms with Crippen molar-refractivity contribution in [3.8, 4) is 0 Å². The van der Waals surface area contributed by atoms with E-state index in [0.29, 0.717) is 6.42 Å². The molecule has 0 aromatic carbocycles. The molecule has 0 spiro atoms. The normalized spacial score (nSPS) is 13.2.